The van der Waals surface area contributed by atoms with Crippen LogP contribution < -0.4 is 0 Å². The van der Waals surface area contributed by atoms with Crippen LogP contribution in [0.15, 0.2) is 36.5 Å². The number of carbonyl (C=O) groups is 1. The number of rotatable bonds is 0. The zero-order valence-corrected chi connectivity index (χ0v) is 9.51. The molecule has 0 heterocycles. The highest BCUT2D eigenvalue weighted by atomic mass is 16.1. The summed E-state index contributed by atoms with van der Waals surface area (Å²) in [5.41, 5.74) is 0. The molecule has 1 nitrogen and oxygen atoms in total. The molecule has 0 aromatic carbocycles. The lowest BCUT2D eigenvalue weighted by atomic mass is 9.71. The van der Waals surface area contributed by atoms with Gasteiger partial charge in [0.2, 0.25) is 0 Å². The molecule has 4 unspecified atom stereocenters. The summed E-state index contributed by atoms with van der Waals surface area (Å²) in [6.07, 6.45) is 17.6. The number of hydrogen-bond acceptors (Lipinski definition) is 1. The average molecular weight is 214 g/mol. The van der Waals surface area contributed by atoms with Gasteiger partial charge in [0.05, 0.1) is 0 Å². The molecule has 0 aromatic heterocycles. The van der Waals surface area contributed by atoms with E-state index in [1.807, 2.05) is 6.08 Å². The van der Waals surface area contributed by atoms with E-state index in [2.05, 4.69) is 30.4 Å². The largest absolute Gasteiger partial charge is 0.295 e. The number of fused-ring (bicyclic) bond motifs is 3. The first-order valence-electron chi connectivity index (χ1n) is 6.40. The van der Waals surface area contributed by atoms with Gasteiger partial charge in [-0.25, -0.2) is 0 Å². The van der Waals surface area contributed by atoms with Crippen LogP contribution in [-0.2, 0) is 4.79 Å². The summed E-state index contributed by atoms with van der Waals surface area (Å²) in [4.78, 5) is 11.5. The summed E-state index contributed by atoms with van der Waals surface area (Å²) in [5.74, 6) is 2.88. The second-order valence-electron chi connectivity index (χ2n) is 5.31. The van der Waals surface area contributed by atoms with Gasteiger partial charge >= 0.3 is 0 Å². The van der Waals surface area contributed by atoms with Gasteiger partial charge in [-0.1, -0.05) is 36.8 Å². The van der Waals surface area contributed by atoms with E-state index in [1.165, 1.54) is 19.3 Å². The van der Waals surface area contributed by atoms with E-state index >= 15 is 0 Å². The Morgan fingerprint density at radius 1 is 1.00 bits per heavy atom. The molecule has 1 heteroatoms. The van der Waals surface area contributed by atoms with Crippen LogP contribution in [0.3, 0.4) is 0 Å². The Balaban J connectivity index is 1.92. The van der Waals surface area contributed by atoms with Crippen LogP contribution >= 0.6 is 0 Å². The number of ketones is 1. The molecule has 3 aliphatic rings. The van der Waals surface area contributed by atoms with E-state index in [4.69, 9.17) is 0 Å². The molecule has 0 saturated heterocycles. The van der Waals surface area contributed by atoms with Gasteiger partial charge in [0.1, 0.15) is 0 Å². The predicted octanol–water partition coefficient (Wildman–Crippen LogP) is 3.29. The Hall–Kier alpha value is -1.11. The van der Waals surface area contributed by atoms with Crippen molar-refractivity contribution in [1.29, 1.82) is 0 Å². The van der Waals surface area contributed by atoms with Crippen LogP contribution in [0.25, 0.3) is 0 Å². The minimum atomic E-state index is 0.329. The Morgan fingerprint density at radius 2 is 1.88 bits per heavy atom. The van der Waals surface area contributed by atoms with E-state index in [1.54, 1.807) is 0 Å². The normalized spacial score (nSPS) is 41.4. The first kappa shape index (κ1) is 10.1. The summed E-state index contributed by atoms with van der Waals surface area (Å²) < 4.78 is 0. The molecule has 0 N–H and O–H groups in total. The predicted molar refractivity (Wildman–Crippen MR) is 64.9 cm³/mol. The SMILES string of the molecule is O=C1C=CC2C(CCCC3C=CC=CC32)C1. The van der Waals surface area contributed by atoms with Crippen molar-refractivity contribution in [3.63, 3.8) is 0 Å². The topological polar surface area (TPSA) is 17.1 Å². The fourth-order valence-electron chi connectivity index (χ4n) is 3.56. The van der Waals surface area contributed by atoms with Crippen LogP contribution in [0.1, 0.15) is 25.7 Å². The maximum Gasteiger partial charge on any atom is 0.155 e. The second kappa shape index (κ2) is 4.04. The molecular weight excluding hydrogens is 196 g/mol. The number of hydrogen-bond donors (Lipinski definition) is 0. The highest BCUT2D eigenvalue weighted by Gasteiger charge is 2.36. The van der Waals surface area contributed by atoms with E-state index in [0.29, 0.717) is 29.5 Å². The Kier molecular flexibility index (Phi) is 2.55. The van der Waals surface area contributed by atoms with E-state index in [9.17, 15) is 4.79 Å². The minimum Gasteiger partial charge on any atom is -0.295 e. The molecule has 0 spiro atoms. The van der Waals surface area contributed by atoms with Crippen molar-refractivity contribution < 1.29 is 4.79 Å². The summed E-state index contributed by atoms with van der Waals surface area (Å²) in [5, 5.41) is 0. The summed E-state index contributed by atoms with van der Waals surface area (Å²) in [7, 11) is 0. The standard InChI is InChI=1S/C15H18O/c16-13-8-9-15-12(10-13)6-3-5-11-4-1-2-7-14(11)15/h1-2,4,7-9,11-12,14-15H,3,5-6,10H2. The van der Waals surface area contributed by atoms with Gasteiger partial charge in [-0.3, -0.25) is 4.79 Å². The number of carbonyl (C=O) groups excluding carboxylic acids is 1. The Labute approximate surface area is 96.9 Å². The van der Waals surface area contributed by atoms with Crippen molar-refractivity contribution in [2.45, 2.75) is 25.7 Å². The van der Waals surface area contributed by atoms with Crippen molar-refractivity contribution in [2.75, 3.05) is 0 Å². The highest BCUT2D eigenvalue weighted by Crippen LogP contribution is 2.43. The van der Waals surface area contributed by atoms with Crippen molar-refractivity contribution >= 4 is 5.78 Å². The average Bonchev–Trinajstić information content (AvgIpc) is 2.47. The van der Waals surface area contributed by atoms with Gasteiger partial charge in [-0.15, -0.1) is 0 Å². The van der Waals surface area contributed by atoms with Gasteiger partial charge in [0.25, 0.3) is 0 Å². The molecule has 16 heavy (non-hydrogen) atoms. The Bertz CT molecular complexity index is 375. The fourth-order valence-corrected chi connectivity index (χ4v) is 3.56. The van der Waals surface area contributed by atoms with Crippen molar-refractivity contribution in [3.05, 3.63) is 36.5 Å². The minimum absolute atomic E-state index is 0.329. The van der Waals surface area contributed by atoms with Crippen LogP contribution in [0, 0.1) is 23.7 Å². The molecule has 0 amide bonds. The van der Waals surface area contributed by atoms with Crippen LogP contribution in [-0.4, -0.2) is 5.78 Å². The van der Waals surface area contributed by atoms with Crippen molar-refractivity contribution in [1.82, 2.24) is 0 Å². The van der Waals surface area contributed by atoms with E-state index in [0.717, 1.165) is 6.42 Å². The van der Waals surface area contributed by atoms with Crippen molar-refractivity contribution in [2.24, 2.45) is 23.7 Å². The molecule has 1 fully saturated rings. The molecule has 84 valence electrons. The highest BCUT2D eigenvalue weighted by molar-refractivity contribution is 5.90. The lowest BCUT2D eigenvalue weighted by molar-refractivity contribution is -0.116. The fraction of sp³-hybridized carbons (Fsp3) is 0.533. The van der Waals surface area contributed by atoms with Gasteiger partial charge in [0.15, 0.2) is 5.78 Å². The smallest absolute Gasteiger partial charge is 0.155 e. The quantitative estimate of drug-likeness (QED) is 0.604. The first-order valence-corrected chi connectivity index (χ1v) is 6.40. The number of allylic oxidation sites excluding steroid dienone is 6. The first-order chi connectivity index (χ1) is 7.84. The van der Waals surface area contributed by atoms with E-state index in [-0.39, 0.29) is 0 Å². The molecule has 1 saturated carbocycles. The third-order valence-corrected chi connectivity index (χ3v) is 4.37. The third kappa shape index (κ3) is 1.68. The lowest BCUT2D eigenvalue weighted by Crippen LogP contribution is -2.28. The summed E-state index contributed by atoms with van der Waals surface area (Å²) in [6.45, 7) is 0. The zero-order valence-electron chi connectivity index (χ0n) is 9.51. The second-order valence-corrected chi connectivity index (χ2v) is 5.31. The van der Waals surface area contributed by atoms with Crippen molar-refractivity contribution in [3.8, 4) is 0 Å². The lowest BCUT2D eigenvalue weighted by Gasteiger charge is -2.33. The third-order valence-electron chi connectivity index (χ3n) is 4.37. The van der Waals surface area contributed by atoms with E-state index < -0.39 is 0 Å². The molecule has 0 aromatic rings. The summed E-state index contributed by atoms with van der Waals surface area (Å²) >= 11 is 0. The van der Waals surface area contributed by atoms with Gasteiger partial charge in [-0.2, -0.15) is 0 Å². The molecule has 3 rings (SSSR count). The van der Waals surface area contributed by atoms with Gasteiger partial charge in [0, 0.05) is 6.42 Å². The molecule has 0 radical (unpaired) electrons. The van der Waals surface area contributed by atoms with Crippen LogP contribution in [0.2, 0.25) is 0 Å². The molecule has 3 aliphatic carbocycles. The monoisotopic (exact) mass is 214 g/mol. The zero-order chi connectivity index (χ0) is 11.0. The van der Waals surface area contributed by atoms with Crippen LogP contribution in [0.5, 0.6) is 0 Å². The Morgan fingerprint density at radius 3 is 2.81 bits per heavy atom. The molecule has 4 atom stereocenters. The van der Waals surface area contributed by atoms with Gasteiger partial charge in [-0.05, 0) is 42.6 Å². The van der Waals surface area contributed by atoms with Crippen LogP contribution in [0.4, 0.5) is 0 Å². The molecule has 0 bridgehead atoms. The molecule has 0 aliphatic heterocycles. The maximum atomic E-state index is 11.5. The maximum absolute atomic E-state index is 11.5. The van der Waals surface area contributed by atoms with Gasteiger partial charge < -0.3 is 0 Å². The molecular formula is C15H18O. The summed E-state index contributed by atoms with van der Waals surface area (Å²) in [6, 6.07) is 0.